The Kier molecular flexibility index (Phi) is 7.08. The van der Waals surface area contributed by atoms with Gasteiger partial charge >= 0.3 is 0 Å². The van der Waals surface area contributed by atoms with Crippen molar-refractivity contribution in [3.63, 3.8) is 0 Å². The number of nitrogens with one attached hydrogen (secondary N) is 1. The van der Waals surface area contributed by atoms with Gasteiger partial charge < -0.3 is 10.2 Å². The molecule has 17 heavy (non-hydrogen) atoms. The number of amides is 1. The number of rotatable bonds is 6. The Morgan fingerprint density at radius 2 is 2.12 bits per heavy atom. The summed E-state index contributed by atoms with van der Waals surface area (Å²) in [5.41, 5.74) is 0. The van der Waals surface area contributed by atoms with Crippen molar-refractivity contribution in [2.75, 3.05) is 45.6 Å². The van der Waals surface area contributed by atoms with E-state index in [1.165, 1.54) is 0 Å². The summed E-state index contributed by atoms with van der Waals surface area (Å²) in [6.07, 6.45) is 2.69. The second kappa shape index (κ2) is 8.06. The van der Waals surface area contributed by atoms with Gasteiger partial charge in [0.25, 0.3) is 0 Å². The first-order chi connectivity index (χ1) is 8.13. The van der Waals surface area contributed by atoms with Gasteiger partial charge in [-0.3, -0.25) is 9.69 Å². The van der Waals surface area contributed by atoms with Crippen molar-refractivity contribution in [1.82, 2.24) is 15.1 Å². The van der Waals surface area contributed by atoms with Crippen LogP contribution in [0.2, 0.25) is 0 Å². The van der Waals surface area contributed by atoms with E-state index in [4.69, 9.17) is 0 Å². The summed E-state index contributed by atoms with van der Waals surface area (Å²) in [5.74, 6) is 0.188. The molecule has 1 unspecified atom stereocenters. The van der Waals surface area contributed by atoms with Gasteiger partial charge in [-0.1, -0.05) is 15.9 Å². The number of alkyl halides is 1. The van der Waals surface area contributed by atoms with Crippen molar-refractivity contribution in [3.05, 3.63) is 0 Å². The molecular weight excluding hydrogens is 282 g/mol. The lowest BCUT2D eigenvalue weighted by Gasteiger charge is -2.37. The zero-order chi connectivity index (χ0) is 12.7. The highest BCUT2D eigenvalue weighted by molar-refractivity contribution is 9.09. The van der Waals surface area contributed by atoms with Gasteiger partial charge in [0.1, 0.15) is 0 Å². The molecule has 1 N–H and O–H groups in total. The third kappa shape index (κ3) is 5.84. The largest absolute Gasteiger partial charge is 0.354 e. The highest BCUT2D eigenvalue weighted by atomic mass is 79.9. The summed E-state index contributed by atoms with van der Waals surface area (Å²) in [6, 6.07) is 0.453. The molecule has 1 saturated heterocycles. The maximum Gasteiger partial charge on any atom is 0.220 e. The lowest BCUT2D eigenvalue weighted by molar-refractivity contribution is -0.121. The van der Waals surface area contributed by atoms with E-state index in [-0.39, 0.29) is 5.91 Å². The van der Waals surface area contributed by atoms with Crippen LogP contribution in [-0.2, 0) is 4.79 Å². The Hall–Kier alpha value is -0.130. The molecule has 1 fully saturated rings. The molecule has 1 heterocycles. The van der Waals surface area contributed by atoms with Gasteiger partial charge in [-0.25, -0.2) is 0 Å². The van der Waals surface area contributed by atoms with Crippen LogP contribution in [0.5, 0.6) is 0 Å². The topological polar surface area (TPSA) is 35.6 Å². The van der Waals surface area contributed by atoms with E-state index in [2.05, 4.69) is 45.1 Å². The number of halogens is 1. The van der Waals surface area contributed by atoms with Gasteiger partial charge in [0.2, 0.25) is 5.91 Å². The number of hydrogen-bond donors (Lipinski definition) is 1. The summed E-state index contributed by atoms with van der Waals surface area (Å²) >= 11 is 3.37. The molecule has 0 saturated carbocycles. The molecule has 1 rings (SSSR count). The third-order valence-corrected chi connectivity index (χ3v) is 3.86. The number of carbonyl (C=O) groups excluding carboxylic acids is 1. The number of hydrogen-bond acceptors (Lipinski definition) is 3. The molecule has 0 aromatic heterocycles. The van der Waals surface area contributed by atoms with Crippen LogP contribution < -0.4 is 5.32 Å². The standard InChI is InChI=1S/C12H24BrN3O/c1-15-7-8-16(2)11(10-15)9-14-12(17)5-3-4-6-13/h11H,3-10H2,1-2H3,(H,14,17). The molecule has 5 heteroatoms. The quantitative estimate of drug-likeness (QED) is 0.585. The van der Waals surface area contributed by atoms with Crippen molar-refractivity contribution >= 4 is 21.8 Å². The van der Waals surface area contributed by atoms with E-state index < -0.39 is 0 Å². The van der Waals surface area contributed by atoms with Crippen LogP contribution >= 0.6 is 15.9 Å². The van der Waals surface area contributed by atoms with Crippen LogP contribution in [0.1, 0.15) is 19.3 Å². The minimum absolute atomic E-state index is 0.188. The fourth-order valence-electron chi connectivity index (χ4n) is 2.02. The third-order valence-electron chi connectivity index (χ3n) is 3.30. The van der Waals surface area contributed by atoms with E-state index in [1.807, 2.05) is 0 Å². The lowest BCUT2D eigenvalue weighted by Crippen LogP contribution is -2.54. The number of piperazine rings is 1. The summed E-state index contributed by atoms with van der Waals surface area (Å²) in [5, 5.41) is 4.02. The maximum atomic E-state index is 11.6. The van der Waals surface area contributed by atoms with E-state index in [0.29, 0.717) is 12.5 Å². The SMILES string of the molecule is CN1CCN(C)C(CNC(=O)CCCCBr)C1. The Morgan fingerprint density at radius 3 is 2.82 bits per heavy atom. The molecule has 0 spiro atoms. The van der Waals surface area contributed by atoms with Crippen LogP contribution in [0, 0.1) is 0 Å². The van der Waals surface area contributed by atoms with Crippen molar-refractivity contribution < 1.29 is 4.79 Å². The van der Waals surface area contributed by atoms with Crippen molar-refractivity contribution in [3.8, 4) is 0 Å². The molecule has 1 aliphatic rings. The van der Waals surface area contributed by atoms with Crippen LogP contribution in [0.15, 0.2) is 0 Å². The van der Waals surface area contributed by atoms with E-state index >= 15 is 0 Å². The van der Waals surface area contributed by atoms with E-state index in [1.54, 1.807) is 0 Å². The van der Waals surface area contributed by atoms with Crippen LogP contribution in [0.4, 0.5) is 0 Å². The molecule has 0 aromatic rings. The fraction of sp³-hybridized carbons (Fsp3) is 0.917. The van der Waals surface area contributed by atoms with Gasteiger partial charge in [-0.2, -0.15) is 0 Å². The average Bonchev–Trinajstić information content (AvgIpc) is 2.31. The molecule has 0 radical (unpaired) electrons. The first-order valence-electron chi connectivity index (χ1n) is 6.35. The molecule has 100 valence electrons. The molecule has 0 aliphatic carbocycles. The molecule has 1 aliphatic heterocycles. The second-order valence-corrected chi connectivity index (χ2v) is 5.64. The predicted octanol–water partition coefficient (Wildman–Crippen LogP) is 0.914. The van der Waals surface area contributed by atoms with Crippen LogP contribution in [0.3, 0.4) is 0 Å². The van der Waals surface area contributed by atoms with Gasteiger partial charge in [-0.05, 0) is 26.9 Å². The van der Waals surface area contributed by atoms with Gasteiger partial charge in [0.05, 0.1) is 0 Å². The van der Waals surface area contributed by atoms with Crippen molar-refractivity contribution in [1.29, 1.82) is 0 Å². The predicted molar refractivity (Wildman–Crippen MR) is 74.6 cm³/mol. The zero-order valence-electron chi connectivity index (χ0n) is 10.9. The Bertz CT molecular complexity index is 238. The van der Waals surface area contributed by atoms with Gasteiger partial charge in [-0.15, -0.1) is 0 Å². The van der Waals surface area contributed by atoms with Crippen LogP contribution in [0.25, 0.3) is 0 Å². The first-order valence-corrected chi connectivity index (χ1v) is 7.47. The van der Waals surface area contributed by atoms with E-state index in [0.717, 1.165) is 44.4 Å². The summed E-state index contributed by atoms with van der Waals surface area (Å²) in [7, 11) is 4.27. The molecule has 4 nitrogen and oxygen atoms in total. The first kappa shape index (κ1) is 14.9. The van der Waals surface area contributed by atoms with Gasteiger partial charge in [0, 0.05) is 44.0 Å². The summed E-state index contributed by atoms with van der Waals surface area (Å²) in [4.78, 5) is 16.2. The number of unbranched alkanes of at least 4 members (excludes halogenated alkanes) is 1. The van der Waals surface area contributed by atoms with Gasteiger partial charge in [0.15, 0.2) is 0 Å². The minimum atomic E-state index is 0.188. The molecule has 1 atom stereocenters. The Morgan fingerprint density at radius 1 is 1.35 bits per heavy atom. The van der Waals surface area contributed by atoms with Crippen molar-refractivity contribution in [2.45, 2.75) is 25.3 Å². The number of nitrogens with zero attached hydrogens (tertiary/aromatic N) is 2. The Labute approximate surface area is 113 Å². The van der Waals surface area contributed by atoms with Crippen molar-refractivity contribution in [2.24, 2.45) is 0 Å². The minimum Gasteiger partial charge on any atom is -0.354 e. The molecular formula is C12H24BrN3O. The normalized spacial score (nSPS) is 22.6. The highest BCUT2D eigenvalue weighted by Crippen LogP contribution is 2.05. The monoisotopic (exact) mass is 305 g/mol. The fourth-order valence-corrected chi connectivity index (χ4v) is 2.42. The smallest absolute Gasteiger partial charge is 0.220 e. The molecule has 0 aromatic carbocycles. The number of likely N-dealkylation sites (N-methyl/N-ethyl adjacent to an activating group) is 2. The number of carbonyl (C=O) groups is 1. The maximum absolute atomic E-state index is 11.6. The van der Waals surface area contributed by atoms with E-state index in [9.17, 15) is 4.79 Å². The second-order valence-electron chi connectivity index (χ2n) is 4.85. The summed E-state index contributed by atoms with van der Waals surface area (Å²) in [6.45, 7) is 4.01. The Balaban J connectivity index is 2.17. The zero-order valence-corrected chi connectivity index (χ0v) is 12.5. The highest BCUT2D eigenvalue weighted by Gasteiger charge is 2.22. The summed E-state index contributed by atoms with van der Waals surface area (Å²) < 4.78 is 0. The molecule has 1 amide bonds. The average molecular weight is 306 g/mol. The van der Waals surface area contributed by atoms with Crippen LogP contribution in [-0.4, -0.2) is 67.4 Å². The molecule has 0 bridgehead atoms. The lowest BCUT2D eigenvalue weighted by atomic mass is 10.2.